The summed E-state index contributed by atoms with van der Waals surface area (Å²) in [7, 11) is 0. The normalized spacial score (nSPS) is 21.3. The van der Waals surface area contributed by atoms with E-state index in [-0.39, 0.29) is 0 Å². The Labute approximate surface area is 115 Å². The summed E-state index contributed by atoms with van der Waals surface area (Å²) in [5, 5.41) is 3.46. The molecule has 1 aliphatic heterocycles. The van der Waals surface area contributed by atoms with Crippen LogP contribution < -0.4 is 5.32 Å². The average Bonchev–Trinajstić information content (AvgIpc) is 2.39. The molecule has 0 aliphatic carbocycles. The van der Waals surface area contributed by atoms with Gasteiger partial charge in [0.1, 0.15) is 0 Å². The fraction of sp³-hybridized carbons (Fsp3) is 1.00. The average molecular weight is 254 g/mol. The van der Waals surface area contributed by atoms with E-state index in [0.29, 0.717) is 0 Å². The number of rotatable bonds is 10. The number of hydrogen-bond donors (Lipinski definition) is 1. The monoisotopic (exact) mass is 254 g/mol. The van der Waals surface area contributed by atoms with Crippen LogP contribution in [0.2, 0.25) is 0 Å². The highest BCUT2D eigenvalue weighted by molar-refractivity contribution is 4.75. The quantitative estimate of drug-likeness (QED) is 0.596. The van der Waals surface area contributed by atoms with Crippen LogP contribution in [-0.4, -0.2) is 37.1 Å². The highest BCUT2D eigenvalue weighted by Crippen LogP contribution is 2.11. The smallest absolute Gasteiger partial charge is 0.0192 e. The molecule has 0 aromatic carbocycles. The van der Waals surface area contributed by atoms with E-state index in [9.17, 15) is 0 Å². The molecule has 1 rings (SSSR count). The standard InChI is InChI=1S/C16H34N2/c1-3-4-5-6-7-8-9-10-11-13-18-14-12-17-15-16(18)2/h16-17H,3-15H2,1-2H3/t16-/m1/s1. The molecule has 0 bridgehead atoms. The van der Waals surface area contributed by atoms with Crippen LogP contribution in [0.15, 0.2) is 0 Å². The van der Waals surface area contributed by atoms with Crippen LogP contribution >= 0.6 is 0 Å². The molecule has 0 unspecified atom stereocenters. The molecule has 1 atom stereocenters. The molecule has 0 aromatic heterocycles. The topological polar surface area (TPSA) is 15.3 Å². The first-order valence-electron chi connectivity index (χ1n) is 8.29. The number of unbranched alkanes of at least 4 members (excludes halogenated alkanes) is 8. The molecule has 0 saturated carbocycles. The Bertz CT molecular complexity index is 182. The van der Waals surface area contributed by atoms with E-state index in [2.05, 4.69) is 24.1 Å². The van der Waals surface area contributed by atoms with Gasteiger partial charge in [-0.3, -0.25) is 4.90 Å². The Morgan fingerprint density at radius 1 is 0.944 bits per heavy atom. The first kappa shape index (κ1) is 16.0. The summed E-state index contributed by atoms with van der Waals surface area (Å²) >= 11 is 0. The van der Waals surface area contributed by atoms with Crippen LogP contribution in [0.1, 0.15) is 71.6 Å². The predicted molar refractivity (Wildman–Crippen MR) is 81.1 cm³/mol. The summed E-state index contributed by atoms with van der Waals surface area (Å²) in [5.74, 6) is 0. The van der Waals surface area contributed by atoms with Crippen molar-refractivity contribution in [3.8, 4) is 0 Å². The lowest BCUT2D eigenvalue weighted by Gasteiger charge is -2.33. The van der Waals surface area contributed by atoms with Crippen LogP contribution in [0.4, 0.5) is 0 Å². The highest BCUT2D eigenvalue weighted by Gasteiger charge is 2.16. The molecule has 0 spiro atoms. The van der Waals surface area contributed by atoms with Crippen LogP contribution in [0.3, 0.4) is 0 Å². The molecule has 0 radical (unpaired) electrons. The second kappa shape index (κ2) is 10.8. The van der Waals surface area contributed by atoms with Gasteiger partial charge in [0.25, 0.3) is 0 Å². The Balaban J connectivity index is 1.83. The minimum atomic E-state index is 0.743. The van der Waals surface area contributed by atoms with Crippen molar-refractivity contribution in [2.45, 2.75) is 77.7 Å². The molecular weight excluding hydrogens is 220 g/mol. The molecule has 18 heavy (non-hydrogen) atoms. The van der Waals surface area contributed by atoms with Crippen molar-refractivity contribution in [1.29, 1.82) is 0 Å². The molecule has 1 heterocycles. The van der Waals surface area contributed by atoms with E-state index >= 15 is 0 Å². The van der Waals surface area contributed by atoms with Gasteiger partial charge in [-0.15, -0.1) is 0 Å². The highest BCUT2D eigenvalue weighted by atomic mass is 15.2. The first-order chi connectivity index (χ1) is 8.84. The molecule has 2 heteroatoms. The maximum atomic E-state index is 3.46. The van der Waals surface area contributed by atoms with Gasteiger partial charge in [0.15, 0.2) is 0 Å². The first-order valence-corrected chi connectivity index (χ1v) is 8.29. The second-order valence-electron chi connectivity index (χ2n) is 5.92. The van der Waals surface area contributed by atoms with Gasteiger partial charge in [0.2, 0.25) is 0 Å². The van der Waals surface area contributed by atoms with Crippen LogP contribution in [0.25, 0.3) is 0 Å². The second-order valence-corrected chi connectivity index (χ2v) is 5.92. The summed E-state index contributed by atoms with van der Waals surface area (Å²) in [6.07, 6.45) is 12.9. The minimum absolute atomic E-state index is 0.743. The molecule has 2 nitrogen and oxygen atoms in total. The van der Waals surface area contributed by atoms with Gasteiger partial charge < -0.3 is 5.32 Å². The molecule has 0 amide bonds. The van der Waals surface area contributed by atoms with E-state index in [1.54, 1.807) is 0 Å². The predicted octanol–water partition coefficient (Wildman–Crippen LogP) is 3.81. The largest absolute Gasteiger partial charge is 0.314 e. The third-order valence-electron chi connectivity index (χ3n) is 4.19. The van der Waals surface area contributed by atoms with Gasteiger partial charge in [0.05, 0.1) is 0 Å². The third kappa shape index (κ3) is 7.38. The van der Waals surface area contributed by atoms with Gasteiger partial charge in [-0.1, -0.05) is 58.3 Å². The molecule has 1 saturated heterocycles. The number of piperazine rings is 1. The van der Waals surface area contributed by atoms with Crippen molar-refractivity contribution in [3.05, 3.63) is 0 Å². The SMILES string of the molecule is CCCCCCCCCCCN1CCNC[C@H]1C. The van der Waals surface area contributed by atoms with E-state index in [1.807, 2.05) is 0 Å². The molecule has 1 fully saturated rings. The Morgan fingerprint density at radius 2 is 1.56 bits per heavy atom. The van der Waals surface area contributed by atoms with Gasteiger partial charge in [-0.2, -0.15) is 0 Å². The van der Waals surface area contributed by atoms with Gasteiger partial charge >= 0.3 is 0 Å². The summed E-state index contributed by atoms with van der Waals surface area (Å²) in [5.41, 5.74) is 0. The fourth-order valence-corrected chi connectivity index (χ4v) is 2.84. The zero-order chi connectivity index (χ0) is 13.1. The lowest BCUT2D eigenvalue weighted by atomic mass is 10.1. The van der Waals surface area contributed by atoms with Gasteiger partial charge in [-0.05, 0) is 19.9 Å². The van der Waals surface area contributed by atoms with E-state index in [0.717, 1.165) is 6.04 Å². The number of hydrogen-bond acceptors (Lipinski definition) is 2. The summed E-state index contributed by atoms with van der Waals surface area (Å²) in [6.45, 7) is 9.56. The molecule has 1 aliphatic rings. The summed E-state index contributed by atoms with van der Waals surface area (Å²) in [6, 6.07) is 0.743. The van der Waals surface area contributed by atoms with Crippen molar-refractivity contribution in [3.63, 3.8) is 0 Å². The van der Waals surface area contributed by atoms with E-state index < -0.39 is 0 Å². The number of nitrogens with zero attached hydrogens (tertiary/aromatic N) is 1. The zero-order valence-corrected chi connectivity index (χ0v) is 12.7. The van der Waals surface area contributed by atoms with E-state index in [4.69, 9.17) is 0 Å². The van der Waals surface area contributed by atoms with Gasteiger partial charge in [0, 0.05) is 25.7 Å². The van der Waals surface area contributed by atoms with E-state index in [1.165, 1.54) is 84.0 Å². The molecule has 0 aromatic rings. The lowest BCUT2D eigenvalue weighted by molar-refractivity contribution is 0.170. The van der Waals surface area contributed by atoms with Gasteiger partial charge in [-0.25, -0.2) is 0 Å². The van der Waals surface area contributed by atoms with Crippen molar-refractivity contribution >= 4 is 0 Å². The van der Waals surface area contributed by atoms with Crippen molar-refractivity contribution in [1.82, 2.24) is 10.2 Å². The maximum absolute atomic E-state index is 3.46. The third-order valence-corrected chi connectivity index (χ3v) is 4.19. The summed E-state index contributed by atoms with van der Waals surface area (Å²) < 4.78 is 0. The number of nitrogens with one attached hydrogen (secondary N) is 1. The molecular formula is C16H34N2. The minimum Gasteiger partial charge on any atom is -0.314 e. The Hall–Kier alpha value is -0.0800. The van der Waals surface area contributed by atoms with Crippen molar-refractivity contribution in [2.24, 2.45) is 0 Å². The molecule has 108 valence electrons. The summed E-state index contributed by atoms with van der Waals surface area (Å²) in [4.78, 5) is 2.65. The van der Waals surface area contributed by atoms with Crippen LogP contribution in [0.5, 0.6) is 0 Å². The van der Waals surface area contributed by atoms with Crippen molar-refractivity contribution in [2.75, 3.05) is 26.2 Å². The Morgan fingerprint density at radius 3 is 2.17 bits per heavy atom. The van der Waals surface area contributed by atoms with Crippen molar-refractivity contribution < 1.29 is 0 Å². The maximum Gasteiger partial charge on any atom is 0.0192 e. The molecule has 1 N–H and O–H groups in total. The fourth-order valence-electron chi connectivity index (χ4n) is 2.84. The lowest BCUT2D eigenvalue weighted by Crippen LogP contribution is -2.49. The zero-order valence-electron chi connectivity index (χ0n) is 12.7. The Kier molecular flexibility index (Phi) is 9.59. The van der Waals surface area contributed by atoms with Crippen LogP contribution in [0, 0.1) is 0 Å². The van der Waals surface area contributed by atoms with Crippen LogP contribution in [-0.2, 0) is 0 Å².